The first-order chi connectivity index (χ1) is 17.4. The number of nitrogens with one attached hydrogen (secondary N) is 4. The molecule has 2 aliphatic rings. The van der Waals surface area contributed by atoms with E-state index in [1.807, 2.05) is 13.0 Å². The zero-order valence-corrected chi connectivity index (χ0v) is 21.4. The lowest BCUT2D eigenvalue weighted by Gasteiger charge is -2.28. The fraction of sp³-hybridized carbons (Fsp3) is 0.385. The first-order valence-corrected chi connectivity index (χ1v) is 12.1. The van der Waals surface area contributed by atoms with Crippen LogP contribution in [-0.2, 0) is 20.9 Å². The Balaban J connectivity index is 1.45. The van der Waals surface area contributed by atoms with Crippen molar-refractivity contribution in [3.63, 3.8) is 0 Å². The molecule has 1 unspecified atom stereocenters. The molecule has 0 spiro atoms. The maximum Gasteiger partial charge on any atom is 0.410 e. The van der Waals surface area contributed by atoms with E-state index < -0.39 is 23.8 Å². The van der Waals surface area contributed by atoms with Crippen molar-refractivity contribution in [3.8, 4) is 0 Å². The number of ether oxygens (including phenoxy) is 1. The predicted octanol–water partition coefficient (Wildman–Crippen LogP) is 3.40. The van der Waals surface area contributed by atoms with E-state index >= 15 is 0 Å². The van der Waals surface area contributed by atoms with Crippen LogP contribution >= 0.6 is 0 Å². The zero-order chi connectivity index (χ0) is 26.9. The predicted molar refractivity (Wildman–Crippen MR) is 139 cm³/mol. The van der Waals surface area contributed by atoms with Gasteiger partial charge in [-0.2, -0.15) is 0 Å². The molecule has 196 valence electrons. The van der Waals surface area contributed by atoms with Crippen molar-refractivity contribution in [2.45, 2.75) is 58.7 Å². The molecule has 1 aromatic heterocycles. The summed E-state index contributed by atoms with van der Waals surface area (Å²) in [5, 5.41) is 8.26. The fourth-order valence-corrected chi connectivity index (χ4v) is 4.54. The molecule has 6 N–H and O–H groups in total. The number of H-pyrrole nitrogens is 1. The number of aromatic amines is 1. The lowest BCUT2D eigenvalue weighted by atomic mass is 9.99. The topological polar surface area (TPSA) is 159 Å². The summed E-state index contributed by atoms with van der Waals surface area (Å²) in [5.74, 6) is -0.489. The normalized spacial score (nSPS) is 18.2. The monoisotopic (exact) mass is 508 g/mol. The zero-order valence-electron chi connectivity index (χ0n) is 21.4. The summed E-state index contributed by atoms with van der Waals surface area (Å²) >= 11 is 0. The molecule has 5 amide bonds. The molecule has 11 nitrogen and oxygen atoms in total. The van der Waals surface area contributed by atoms with Crippen LogP contribution in [-0.4, -0.2) is 52.0 Å². The van der Waals surface area contributed by atoms with E-state index in [0.29, 0.717) is 46.7 Å². The van der Waals surface area contributed by atoms with Gasteiger partial charge in [0.25, 0.3) is 5.91 Å². The van der Waals surface area contributed by atoms with Gasteiger partial charge in [-0.15, -0.1) is 0 Å². The highest BCUT2D eigenvalue weighted by Crippen LogP contribution is 2.38. The van der Waals surface area contributed by atoms with E-state index in [1.165, 1.54) is 4.90 Å². The molecule has 0 bridgehead atoms. The van der Waals surface area contributed by atoms with Crippen LogP contribution in [0.15, 0.2) is 30.5 Å². The maximum atomic E-state index is 12.9. The van der Waals surface area contributed by atoms with E-state index in [2.05, 4.69) is 20.9 Å². The molecule has 1 saturated heterocycles. The van der Waals surface area contributed by atoms with Crippen molar-refractivity contribution < 1.29 is 23.9 Å². The molecule has 1 atom stereocenters. The molecule has 2 aliphatic heterocycles. The Labute approximate surface area is 214 Å². The Kier molecular flexibility index (Phi) is 6.97. The van der Waals surface area contributed by atoms with E-state index in [0.717, 1.165) is 12.0 Å². The Morgan fingerprint density at radius 3 is 2.68 bits per heavy atom. The number of hydrogen-bond donors (Lipinski definition) is 5. The van der Waals surface area contributed by atoms with Crippen LogP contribution in [0.5, 0.6) is 0 Å². The highest BCUT2D eigenvalue weighted by Gasteiger charge is 2.36. The first-order valence-electron chi connectivity index (χ1n) is 12.1. The molecule has 2 aromatic rings. The highest BCUT2D eigenvalue weighted by atomic mass is 16.6. The summed E-state index contributed by atoms with van der Waals surface area (Å²) < 4.78 is 5.44. The smallest absolute Gasteiger partial charge is 0.410 e. The van der Waals surface area contributed by atoms with Crippen LogP contribution < -0.4 is 21.7 Å². The Morgan fingerprint density at radius 1 is 1.22 bits per heavy atom. The Bertz CT molecular complexity index is 1290. The number of primary amides is 1. The maximum absolute atomic E-state index is 12.9. The summed E-state index contributed by atoms with van der Waals surface area (Å²) in [5.41, 5.74) is 9.06. The van der Waals surface area contributed by atoms with Crippen molar-refractivity contribution in [1.82, 2.24) is 15.2 Å². The van der Waals surface area contributed by atoms with E-state index in [-0.39, 0.29) is 18.4 Å². The molecule has 0 saturated carbocycles. The molecule has 0 radical (unpaired) electrons. The molecule has 4 rings (SSSR count). The van der Waals surface area contributed by atoms with Crippen molar-refractivity contribution in [2.75, 3.05) is 17.2 Å². The molecule has 1 aromatic carbocycles. The SMILES string of the molecule is C/C(=C1\C(=O)Nc2ccc(NC(N)=O)cc21)c1cc(CNC(=O)C2CCCN2C(=O)OC(C)(C)C)c[nH]1. The van der Waals surface area contributed by atoms with Gasteiger partial charge in [0.1, 0.15) is 11.6 Å². The van der Waals surface area contributed by atoms with Gasteiger partial charge in [-0.1, -0.05) is 0 Å². The van der Waals surface area contributed by atoms with E-state index in [9.17, 15) is 19.2 Å². The third-order valence-corrected chi connectivity index (χ3v) is 6.20. The van der Waals surface area contributed by atoms with Gasteiger partial charge in [-0.05, 0) is 75.9 Å². The minimum absolute atomic E-state index is 0.236. The Hall–Kier alpha value is -4.28. The first kappa shape index (κ1) is 25.8. The second-order valence-electron chi connectivity index (χ2n) is 10.2. The average molecular weight is 509 g/mol. The molecule has 37 heavy (non-hydrogen) atoms. The molecular formula is C26H32N6O5. The molecule has 3 heterocycles. The van der Waals surface area contributed by atoms with Crippen LogP contribution in [0.4, 0.5) is 21.0 Å². The second kappa shape index (κ2) is 10.00. The van der Waals surface area contributed by atoms with Gasteiger partial charge in [-0.25, -0.2) is 9.59 Å². The number of anilines is 2. The van der Waals surface area contributed by atoms with Crippen molar-refractivity contribution in [2.24, 2.45) is 5.73 Å². The van der Waals surface area contributed by atoms with E-state index in [4.69, 9.17) is 10.5 Å². The van der Waals surface area contributed by atoms with Gasteiger partial charge in [0, 0.05) is 41.9 Å². The lowest BCUT2D eigenvalue weighted by molar-refractivity contribution is -0.125. The number of rotatable bonds is 5. The minimum atomic E-state index is -0.692. The number of urea groups is 1. The number of hydrogen-bond acceptors (Lipinski definition) is 5. The largest absolute Gasteiger partial charge is 0.444 e. The second-order valence-corrected chi connectivity index (χ2v) is 10.2. The summed E-state index contributed by atoms with van der Waals surface area (Å²) in [6, 6.07) is 5.66. The molecular weight excluding hydrogens is 476 g/mol. The van der Waals surface area contributed by atoms with Crippen molar-refractivity contribution in [1.29, 1.82) is 0 Å². The highest BCUT2D eigenvalue weighted by molar-refractivity contribution is 6.36. The lowest BCUT2D eigenvalue weighted by Crippen LogP contribution is -2.47. The van der Waals surface area contributed by atoms with Crippen molar-refractivity contribution >= 4 is 46.5 Å². The summed E-state index contributed by atoms with van der Waals surface area (Å²) in [4.78, 5) is 54.0. The number of likely N-dealkylation sites (tertiary alicyclic amines) is 1. The number of amides is 5. The number of nitrogens with two attached hydrogens (primary N) is 1. The van der Waals surface area contributed by atoms with Crippen LogP contribution in [0.25, 0.3) is 11.1 Å². The molecule has 11 heteroatoms. The molecule has 1 fully saturated rings. The third-order valence-electron chi connectivity index (χ3n) is 6.20. The summed E-state index contributed by atoms with van der Waals surface area (Å²) in [7, 11) is 0. The number of carbonyl (C=O) groups excluding carboxylic acids is 4. The quantitative estimate of drug-likeness (QED) is 0.391. The molecule has 0 aliphatic carbocycles. The van der Waals surface area contributed by atoms with Crippen LogP contribution in [0.2, 0.25) is 0 Å². The standard InChI is InChI=1S/C26H32N6O5/c1-14(21-17-11-16(30-24(27)35)7-8-18(17)31-23(21)34)19-10-15(12-28-19)13-29-22(33)20-6-5-9-32(20)25(36)37-26(2,3)4/h7-8,10-12,20,28H,5-6,9,13H2,1-4H3,(H,29,33)(H,31,34)(H3,27,30,35)/b21-14+. The van der Waals surface area contributed by atoms with Gasteiger partial charge in [0.15, 0.2) is 0 Å². The van der Waals surface area contributed by atoms with Crippen LogP contribution in [0.3, 0.4) is 0 Å². The number of benzene rings is 1. The van der Waals surface area contributed by atoms with E-state index in [1.54, 1.807) is 45.2 Å². The van der Waals surface area contributed by atoms with Gasteiger partial charge in [0.05, 0.1) is 5.57 Å². The number of allylic oxidation sites excluding steroid dienone is 1. The Morgan fingerprint density at radius 2 is 1.97 bits per heavy atom. The fourth-order valence-electron chi connectivity index (χ4n) is 4.54. The van der Waals surface area contributed by atoms with Gasteiger partial charge < -0.3 is 31.4 Å². The summed E-state index contributed by atoms with van der Waals surface area (Å²) in [6.45, 7) is 7.94. The number of aromatic nitrogens is 1. The number of carbonyl (C=O) groups is 4. The summed E-state index contributed by atoms with van der Waals surface area (Å²) in [6.07, 6.45) is 2.59. The van der Waals surface area contributed by atoms with Gasteiger partial charge in [-0.3, -0.25) is 14.5 Å². The third kappa shape index (κ3) is 5.76. The minimum Gasteiger partial charge on any atom is -0.444 e. The van der Waals surface area contributed by atoms with Gasteiger partial charge in [0.2, 0.25) is 5.91 Å². The van der Waals surface area contributed by atoms with Gasteiger partial charge >= 0.3 is 12.1 Å². The van der Waals surface area contributed by atoms with Crippen LogP contribution in [0.1, 0.15) is 57.4 Å². The number of fused-ring (bicyclic) bond motifs is 1. The average Bonchev–Trinajstić information content (AvgIpc) is 3.53. The number of nitrogens with zero attached hydrogens (tertiary/aromatic N) is 1. The van der Waals surface area contributed by atoms with Crippen molar-refractivity contribution in [3.05, 3.63) is 47.3 Å². The van der Waals surface area contributed by atoms with Crippen LogP contribution in [0, 0.1) is 0 Å².